The minimum Gasteiger partial charge on any atom is -0.497 e. The van der Waals surface area contributed by atoms with Crippen molar-refractivity contribution in [1.82, 2.24) is 15.3 Å². The average Bonchev–Trinajstić information content (AvgIpc) is 3.10. The van der Waals surface area contributed by atoms with Crippen molar-refractivity contribution < 1.29 is 9.53 Å². The van der Waals surface area contributed by atoms with E-state index >= 15 is 0 Å². The largest absolute Gasteiger partial charge is 0.497 e. The van der Waals surface area contributed by atoms with E-state index in [1.807, 2.05) is 48.7 Å². The first-order chi connectivity index (χ1) is 12.2. The van der Waals surface area contributed by atoms with Gasteiger partial charge in [0, 0.05) is 23.3 Å². The fourth-order valence-corrected chi connectivity index (χ4v) is 3.25. The van der Waals surface area contributed by atoms with Gasteiger partial charge >= 0.3 is 0 Å². The number of thiazole rings is 1. The minimum absolute atomic E-state index is 0.0528. The van der Waals surface area contributed by atoms with Gasteiger partial charge < -0.3 is 10.1 Å². The van der Waals surface area contributed by atoms with Gasteiger partial charge in [-0.1, -0.05) is 6.07 Å². The Balaban J connectivity index is 1.61. The standard InChI is InChI=1S/C19H19N3O2S/c1-13(15-4-3-9-20-11-15)21-18(23)10-16-12-25-19(22-16)14-5-7-17(24-2)8-6-14/h3-9,11-13H,10H2,1-2H3,(H,21,23). The highest BCUT2D eigenvalue weighted by Gasteiger charge is 2.12. The quantitative estimate of drug-likeness (QED) is 0.735. The highest BCUT2D eigenvalue weighted by Crippen LogP contribution is 2.26. The molecule has 0 radical (unpaired) electrons. The number of ether oxygens (including phenoxy) is 1. The summed E-state index contributed by atoms with van der Waals surface area (Å²) in [6.45, 7) is 1.94. The van der Waals surface area contributed by atoms with Crippen molar-refractivity contribution in [2.75, 3.05) is 7.11 Å². The van der Waals surface area contributed by atoms with Crippen molar-refractivity contribution in [3.05, 3.63) is 65.4 Å². The summed E-state index contributed by atoms with van der Waals surface area (Å²) in [4.78, 5) is 20.9. The van der Waals surface area contributed by atoms with Gasteiger partial charge in [-0.2, -0.15) is 0 Å². The maximum absolute atomic E-state index is 12.2. The van der Waals surface area contributed by atoms with E-state index in [-0.39, 0.29) is 18.4 Å². The number of methoxy groups -OCH3 is 1. The summed E-state index contributed by atoms with van der Waals surface area (Å²) >= 11 is 1.53. The zero-order chi connectivity index (χ0) is 17.6. The van der Waals surface area contributed by atoms with Crippen LogP contribution in [-0.2, 0) is 11.2 Å². The molecule has 6 heteroatoms. The van der Waals surface area contributed by atoms with E-state index < -0.39 is 0 Å². The molecule has 0 aliphatic heterocycles. The number of hydrogen-bond donors (Lipinski definition) is 1. The summed E-state index contributed by atoms with van der Waals surface area (Å²) < 4.78 is 5.16. The summed E-state index contributed by atoms with van der Waals surface area (Å²) in [7, 11) is 1.64. The molecular weight excluding hydrogens is 334 g/mol. The number of nitrogens with one attached hydrogen (secondary N) is 1. The molecule has 0 spiro atoms. The van der Waals surface area contributed by atoms with E-state index in [9.17, 15) is 4.79 Å². The number of carbonyl (C=O) groups excluding carboxylic acids is 1. The lowest BCUT2D eigenvalue weighted by atomic mass is 10.1. The Labute approximate surface area is 150 Å². The van der Waals surface area contributed by atoms with Crippen LogP contribution in [0.3, 0.4) is 0 Å². The number of rotatable bonds is 6. The van der Waals surface area contributed by atoms with Crippen LogP contribution < -0.4 is 10.1 Å². The van der Waals surface area contributed by atoms with E-state index in [1.54, 1.807) is 19.5 Å². The molecule has 1 aromatic carbocycles. The van der Waals surface area contributed by atoms with Crippen LogP contribution in [0, 0.1) is 0 Å². The number of pyridine rings is 1. The van der Waals surface area contributed by atoms with Gasteiger partial charge in [-0.3, -0.25) is 9.78 Å². The van der Waals surface area contributed by atoms with Crippen molar-refractivity contribution in [3.8, 4) is 16.3 Å². The molecule has 0 aliphatic rings. The highest BCUT2D eigenvalue weighted by atomic mass is 32.1. The lowest BCUT2D eigenvalue weighted by Crippen LogP contribution is -2.28. The Kier molecular flexibility index (Phi) is 5.40. The molecule has 3 aromatic rings. The van der Waals surface area contributed by atoms with Crippen molar-refractivity contribution >= 4 is 17.2 Å². The molecule has 1 unspecified atom stereocenters. The predicted octanol–water partition coefficient (Wildman–Crippen LogP) is 3.63. The summed E-state index contributed by atoms with van der Waals surface area (Å²) in [5, 5.41) is 5.80. The maximum Gasteiger partial charge on any atom is 0.226 e. The second-order valence-corrected chi connectivity index (χ2v) is 6.48. The van der Waals surface area contributed by atoms with Crippen LogP contribution in [0.25, 0.3) is 10.6 Å². The van der Waals surface area contributed by atoms with Crippen LogP contribution in [0.2, 0.25) is 0 Å². The van der Waals surface area contributed by atoms with Crippen LogP contribution in [-0.4, -0.2) is 23.0 Å². The first kappa shape index (κ1) is 17.1. The number of hydrogen-bond acceptors (Lipinski definition) is 5. The Morgan fingerprint density at radius 1 is 1.28 bits per heavy atom. The Bertz CT molecular complexity index is 831. The lowest BCUT2D eigenvalue weighted by molar-refractivity contribution is -0.121. The molecule has 0 saturated carbocycles. The molecule has 128 valence electrons. The van der Waals surface area contributed by atoms with Gasteiger partial charge in [0.1, 0.15) is 10.8 Å². The van der Waals surface area contributed by atoms with Gasteiger partial charge in [-0.05, 0) is 42.8 Å². The van der Waals surface area contributed by atoms with E-state index in [0.29, 0.717) is 0 Å². The first-order valence-electron chi connectivity index (χ1n) is 7.94. The molecule has 2 aromatic heterocycles. The van der Waals surface area contributed by atoms with Gasteiger partial charge in [-0.15, -0.1) is 11.3 Å². The number of nitrogens with zero attached hydrogens (tertiary/aromatic N) is 2. The van der Waals surface area contributed by atoms with Crippen molar-refractivity contribution in [3.63, 3.8) is 0 Å². The molecule has 1 atom stereocenters. The molecule has 5 nitrogen and oxygen atoms in total. The number of carbonyl (C=O) groups is 1. The van der Waals surface area contributed by atoms with Crippen molar-refractivity contribution in [2.24, 2.45) is 0 Å². The zero-order valence-electron chi connectivity index (χ0n) is 14.1. The molecule has 1 N–H and O–H groups in total. The van der Waals surface area contributed by atoms with Gasteiger partial charge in [0.05, 0.1) is 25.3 Å². The van der Waals surface area contributed by atoms with Gasteiger partial charge in [0.2, 0.25) is 5.91 Å². The van der Waals surface area contributed by atoms with Gasteiger partial charge in [-0.25, -0.2) is 4.98 Å². The third kappa shape index (κ3) is 4.42. The molecule has 0 fully saturated rings. The second-order valence-electron chi connectivity index (χ2n) is 5.62. The van der Waals surface area contributed by atoms with E-state index in [0.717, 1.165) is 27.6 Å². The molecule has 1 amide bonds. The Morgan fingerprint density at radius 2 is 2.08 bits per heavy atom. The topological polar surface area (TPSA) is 64.1 Å². The molecule has 0 saturated heterocycles. The van der Waals surface area contributed by atoms with Crippen molar-refractivity contribution in [2.45, 2.75) is 19.4 Å². The minimum atomic E-state index is -0.0825. The van der Waals surface area contributed by atoms with Crippen LogP contribution in [0.4, 0.5) is 0 Å². The first-order valence-corrected chi connectivity index (χ1v) is 8.82. The smallest absolute Gasteiger partial charge is 0.226 e. The van der Waals surface area contributed by atoms with E-state index in [4.69, 9.17) is 4.74 Å². The van der Waals surface area contributed by atoms with Crippen LogP contribution in [0.1, 0.15) is 24.2 Å². The van der Waals surface area contributed by atoms with Crippen LogP contribution in [0.15, 0.2) is 54.2 Å². The molecular formula is C19H19N3O2S. The molecule has 2 heterocycles. The lowest BCUT2D eigenvalue weighted by Gasteiger charge is -2.13. The normalized spacial score (nSPS) is 11.8. The van der Waals surface area contributed by atoms with E-state index in [2.05, 4.69) is 15.3 Å². The monoisotopic (exact) mass is 353 g/mol. The Morgan fingerprint density at radius 3 is 2.76 bits per heavy atom. The Hall–Kier alpha value is -2.73. The third-order valence-corrected chi connectivity index (χ3v) is 4.73. The summed E-state index contributed by atoms with van der Waals surface area (Å²) in [5.74, 6) is 0.757. The fraction of sp³-hybridized carbons (Fsp3) is 0.211. The molecule has 0 aliphatic carbocycles. The summed E-state index contributed by atoms with van der Waals surface area (Å²) in [6.07, 6.45) is 3.74. The van der Waals surface area contributed by atoms with E-state index in [1.165, 1.54) is 11.3 Å². The van der Waals surface area contributed by atoms with Crippen molar-refractivity contribution in [1.29, 1.82) is 0 Å². The summed E-state index contributed by atoms with van der Waals surface area (Å²) in [5.41, 5.74) is 2.76. The second kappa shape index (κ2) is 7.90. The molecule has 25 heavy (non-hydrogen) atoms. The fourth-order valence-electron chi connectivity index (χ4n) is 2.43. The third-order valence-electron chi connectivity index (χ3n) is 3.79. The van der Waals surface area contributed by atoms with Crippen LogP contribution >= 0.6 is 11.3 Å². The maximum atomic E-state index is 12.2. The summed E-state index contributed by atoms with van der Waals surface area (Å²) in [6, 6.07) is 11.5. The molecule has 0 bridgehead atoms. The highest BCUT2D eigenvalue weighted by molar-refractivity contribution is 7.13. The van der Waals surface area contributed by atoms with Crippen LogP contribution in [0.5, 0.6) is 5.75 Å². The average molecular weight is 353 g/mol. The number of aromatic nitrogens is 2. The zero-order valence-corrected chi connectivity index (χ0v) is 14.9. The number of benzene rings is 1. The number of amides is 1. The van der Waals surface area contributed by atoms with Gasteiger partial charge in [0.25, 0.3) is 0 Å². The predicted molar refractivity (Wildman–Crippen MR) is 98.6 cm³/mol. The SMILES string of the molecule is COc1ccc(-c2nc(CC(=O)NC(C)c3cccnc3)cs2)cc1. The van der Waals surface area contributed by atoms with Gasteiger partial charge in [0.15, 0.2) is 0 Å². The molecule has 3 rings (SSSR count).